The molecule has 2 aromatic rings. The van der Waals surface area contributed by atoms with Crippen LogP contribution in [0.2, 0.25) is 0 Å². The topological polar surface area (TPSA) is 92.5 Å². The Morgan fingerprint density at radius 1 is 1.20 bits per heavy atom. The molecule has 0 bridgehead atoms. The van der Waals surface area contributed by atoms with E-state index in [0.29, 0.717) is 13.1 Å². The maximum absolute atomic E-state index is 12.4. The fourth-order valence-corrected chi connectivity index (χ4v) is 4.33. The summed E-state index contributed by atoms with van der Waals surface area (Å²) in [5.41, 5.74) is 5.68. The highest BCUT2D eigenvalue weighted by Crippen LogP contribution is 2.19. The van der Waals surface area contributed by atoms with Gasteiger partial charge in [-0.15, -0.1) is 0 Å². The summed E-state index contributed by atoms with van der Waals surface area (Å²) in [7, 11) is -3.64. The summed E-state index contributed by atoms with van der Waals surface area (Å²) in [4.78, 5) is 14.2. The van der Waals surface area contributed by atoms with Gasteiger partial charge in [0.2, 0.25) is 15.9 Å². The maximum atomic E-state index is 12.4. The van der Waals surface area contributed by atoms with Gasteiger partial charge < -0.3 is 10.6 Å². The van der Waals surface area contributed by atoms with Crippen molar-refractivity contribution in [2.75, 3.05) is 19.6 Å². The number of nitrogens with one attached hydrogen (secondary N) is 1. The van der Waals surface area contributed by atoms with Gasteiger partial charge >= 0.3 is 0 Å². The highest BCUT2D eigenvalue weighted by Gasteiger charge is 2.27. The molecule has 0 aromatic heterocycles. The van der Waals surface area contributed by atoms with Gasteiger partial charge in [0.25, 0.3) is 0 Å². The minimum atomic E-state index is -3.64. The van der Waals surface area contributed by atoms with Crippen molar-refractivity contribution in [2.45, 2.75) is 30.2 Å². The molecule has 134 valence electrons. The summed E-state index contributed by atoms with van der Waals surface area (Å²) >= 11 is 0. The molecular formula is C18H23N3O3S. The van der Waals surface area contributed by atoms with E-state index in [2.05, 4.69) is 4.72 Å². The van der Waals surface area contributed by atoms with Crippen LogP contribution >= 0.6 is 0 Å². The molecule has 1 aliphatic heterocycles. The van der Waals surface area contributed by atoms with Crippen LogP contribution in [0.4, 0.5) is 0 Å². The molecule has 3 N–H and O–H groups in total. The quantitative estimate of drug-likeness (QED) is 0.815. The number of hydrogen-bond donors (Lipinski definition) is 2. The summed E-state index contributed by atoms with van der Waals surface area (Å²) < 4.78 is 27.4. The van der Waals surface area contributed by atoms with E-state index in [1.165, 1.54) is 0 Å². The van der Waals surface area contributed by atoms with E-state index in [-0.39, 0.29) is 29.8 Å². The fraction of sp³-hybridized carbons (Fsp3) is 0.389. The summed E-state index contributed by atoms with van der Waals surface area (Å²) in [5, 5.41) is 1.85. The number of rotatable bonds is 6. The van der Waals surface area contributed by atoms with Crippen molar-refractivity contribution in [2.24, 2.45) is 5.73 Å². The van der Waals surface area contributed by atoms with Crippen LogP contribution in [0.1, 0.15) is 19.3 Å². The molecular weight excluding hydrogens is 338 g/mol. The number of hydrogen-bond acceptors (Lipinski definition) is 4. The molecule has 25 heavy (non-hydrogen) atoms. The number of fused-ring (bicyclic) bond motifs is 1. The van der Waals surface area contributed by atoms with Crippen molar-refractivity contribution >= 4 is 26.7 Å². The number of carbonyl (C=O) groups excluding carboxylic acids is 1. The molecule has 6 nitrogen and oxygen atoms in total. The highest BCUT2D eigenvalue weighted by atomic mass is 32.2. The Morgan fingerprint density at radius 3 is 2.72 bits per heavy atom. The maximum Gasteiger partial charge on any atom is 0.240 e. The van der Waals surface area contributed by atoms with Crippen molar-refractivity contribution in [1.29, 1.82) is 0 Å². The van der Waals surface area contributed by atoms with Crippen molar-refractivity contribution in [3.8, 4) is 0 Å². The Hall–Kier alpha value is -1.96. The molecule has 0 aliphatic carbocycles. The van der Waals surface area contributed by atoms with Crippen LogP contribution in [0.15, 0.2) is 47.4 Å². The SMILES string of the molecule is NCC1CCCN1C(=O)CCNS(=O)(=O)c1ccc2ccccc2c1. The average molecular weight is 361 g/mol. The predicted octanol–water partition coefficient (Wildman–Crippen LogP) is 1.46. The van der Waals surface area contributed by atoms with Gasteiger partial charge in [0, 0.05) is 32.1 Å². The van der Waals surface area contributed by atoms with Gasteiger partial charge in [0.1, 0.15) is 0 Å². The Balaban J connectivity index is 1.62. The molecule has 1 saturated heterocycles. The fourth-order valence-electron chi connectivity index (χ4n) is 3.26. The molecule has 1 atom stereocenters. The van der Waals surface area contributed by atoms with E-state index in [1.807, 2.05) is 24.3 Å². The molecule has 1 amide bonds. The Morgan fingerprint density at radius 2 is 1.96 bits per heavy atom. The number of benzene rings is 2. The van der Waals surface area contributed by atoms with Gasteiger partial charge in [-0.05, 0) is 35.7 Å². The molecule has 7 heteroatoms. The first-order chi connectivity index (χ1) is 12.0. The number of amides is 1. The lowest BCUT2D eigenvalue weighted by Gasteiger charge is -2.23. The molecule has 1 unspecified atom stereocenters. The first-order valence-electron chi connectivity index (χ1n) is 8.49. The number of carbonyl (C=O) groups is 1. The Labute approximate surface area is 148 Å². The van der Waals surface area contributed by atoms with Crippen LogP contribution in [0.5, 0.6) is 0 Å². The first kappa shape index (κ1) is 17.8. The lowest BCUT2D eigenvalue weighted by Crippen LogP contribution is -2.41. The second-order valence-electron chi connectivity index (χ2n) is 6.28. The average Bonchev–Trinajstić information content (AvgIpc) is 3.10. The summed E-state index contributed by atoms with van der Waals surface area (Å²) in [6, 6.07) is 12.7. The van der Waals surface area contributed by atoms with Gasteiger partial charge in [-0.25, -0.2) is 13.1 Å². The number of nitrogens with zero attached hydrogens (tertiary/aromatic N) is 1. The Bertz CT molecular complexity index is 867. The molecule has 0 radical (unpaired) electrons. The zero-order valence-corrected chi connectivity index (χ0v) is 14.8. The van der Waals surface area contributed by atoms with E-state index in [1.54, 1.807) is 23.1 Å². The van der Waals surface area contributed by atoms with Crippen molar-refractivity contribution < 1.29 is 13.2 Å². The van der Waals surface area contributed by atoms with Gasteiger partial charge in [-0.3, -0.25) is 4.79 Å². The smallest absolute Gasteiger partial charge is 0.240 e. The number of likely N-dealkylation sites (tertiary alicyclic amines) is 1. The highest BCUT2D eigenvalue weighted by molar-refractivity contribution is 7.89. The molecule has 2 aromatic carbocycles. The zero-order chi connectivity index (χ0) is 17.9. The number of nitrogens with two attached hydrogens (primary N) is 1. The van der Waals surface area contributed by atoms with Gasteiger partial charge in [0.15, 0.2) is 0 Å². The van der Waals surface area contributed by atoms with Gasteiger partial charge in [-0.1, -0.05) is 30.3 Å². The number of sulfonamides is 1. The molecule has 1 aliphatic rings. The van der Waals surface area contributed by atoms with Crippen molar-refractivity contribution in [1.82, 2.24) is 9.62 Å². The monoisotopic (exact) mass is 361 g/mol. The molecule has 3 rings (SSSR count). The van der Waals surface area contributed by atoms with Crippen LogP contribution in [0.3, 0.4) is 0 Å². The zero-order valence-electron chi connectivity index (χ0n) is 14.0. The van der Waals surface area contributed by atoms with E-state index in [0.717, 1.165) is 23.6 Å². The van der Waals surface area contributed by atoms with Crippen molar-refractivity contribution in [3.63, 3.8) is 0 Å². The van der Waals surface area contributed by atoms with Crippen molar-refractivity contribution in [3.05, 3.63) is 42.5 Å². The first-order valence-corrected chi connectivity index (χ1v) is 9.97. The molecule has 0 spiro atoms. The second kappa shape index (κ2) is 7.51. The van der Waals surface area contributed by atoms with Crippen LogP contribution in [-0.2, 0) is 14.8 Å². The molecule has 1 heterocycles. The summed E-state index contributed by atoms with van der Waals surface area (Å²) in [5.74, 6) is -0.0471. The van der Waals surface area contributed by atoms with Gasteiger partial charge in [0.05, 0.1) is 4.90 Å². The van der Waals surface area contributed by atoms with Crippen LogP contribution < -0.4 is 10.5 Å². The van der Waals surface area contributed by atoms with Gasteiger partial charge in [-0.2, -0.15) is 0 Å². The largest absolute Gasteiger partial charge is 0.338 e. The normalized spacial score (nSPS) is 18.0. The minimum Gasteiger partial charge on any atom is -0.338 e. The van der Waals surface area contributed by atoms with E-state index in [9.17, 15) is 13.2 Å². The standard InChI is InChI=1S/C18H23N3O3S/c19-13-16-6-3-11-21(16)18(22)9-10-20-25(23,24)17-8-7-14-4-1-2-5-15(14)12-17/h1-2,4-5,7-8,12,16,20H,3,6,9-11,13,19H2. The van der Waals surface area contributed by atoms with Crippen LogP contribution in [0.25, 0.3) is 10.8 Å². The Kier molecular flexibility index (Phi) is 5.36. The second-order valence-corrected chi connectivity index (χ2v) is 8.04. The third kappa shape index (κ3) is 4.00. The van der Waals surface area contributed by atoms with Crippen LogP contribution in [0, 0.1) is 0 Å². The molecule has 1 fully saturated rings. The predicted molar refractivity (Wildman–Crippen MR) is 97.5 cm³/mol. The van der Waals surface area contributed by atoms with E-state index in [4.69, 9.17) is 5.73 Å². The summed E-state index contributed by atoms with van der Waals surface area (Å²) in [6.07, 6.45) is 2.02. The third-order valence-electron chi connectivity index (χ3n) is 4.63. The molecule has 0 saturated carbocycles. The lowest BCUT2D eigenvalue weighted by atomic mass is 10.1. The van der Waals surface area contributed by atoms with E-state index < -0.39 is 10.0 Å². The van der Waals surface area contributed by atoms with E-state index >= 15 is 0 Å². The van der Waals surface area contributed by atoms with Crippen LogP contribution in [-0.4, -0.2) is 44.9 Å². The lowest BCUT2D eigenvalue weighted by molar-refractivity contribution is -0.131. The third-order valence-corrected chi connectivity index (χ3v) is 6.09. The summed E-state index contributed by atoms with van der Waals surface area (Å²) in [6.45, 7) is 1.24. The minimum absolute atomic E-state index is 0.0471.